The Kier molecular flexibility index (Phi) is 9.18. The van der Waals surface area contributed by atoms with Gasteiger partial charge < -0.3 is 21.1 Å². The number of carbonyl (C=O) groups excluding carboxylic acids is 3. The van der Waals surface area contributed by atoms with E-state index < -0.39 is 45.9 Å². The number of fused-ring (bicyclic) bond motifs is 4. The lowest BCUT2D eigenvalue weighted by Gasteiger charge is -2.25. The molecule has 0 aromatic heterocycles. The van der Waals surface area contributed by atoms with Crippen molar-refractivity contribution in [3.8, 4) is 11.5 Å². The van der Waals surface area contributed by atoms with Crippen LogP contribution < -0.4 is 25.8 Å². The van der Waals surface area contributed by atoms with Gasteiger partial charge in [-0.3, -0.25) is 14.4 Å². The molecule has 0 fully saturated rings. The van der Waals surface area contributed by atoms with Crippen molar-refractivity contribution in [1.29, 1.82) is 0 Å². The average Bonchev–Trinajstić information content (AvgIpc) is 2.90. The highest BCUT2D eigenvalue weighted by Crippen LogP contribution is 2.24. The summed E-state index contributed by atoms with van der Waals surface area (Å²) in [6.45, 7) is 0. The van der Waals surface area contributed by atoms with E-state index in [4.69, 9.17) is 10.5 Å². The van der Waals surface area contributed by atoms with Crippen molar-refractivity contribution in [3.63, 3.8) is 0 Å². The summed E-state index contributed by atoms with van der Waals surface area (Å²) in [7, 11) is -3.78. The van der Waals surface area contributed by atoms with Gasteiger partial charge in [-0.25, -0.2) is 13.1 Å². The van der Waals surface area contributed by atoms with Gasteiger partial charge in [0.15, 0.2) is 0 Å². The number of aryl methyl sites for hydroxylation is 1. The normalized spacial score (nSPS) is 20.1. The van der Waals surface area contributed by atoms with E-state index in [9.17, 15) is 22.8 Å². The number of amides is 3. The van der Waals surface area contributed by atoms with Gasteiger partial charge >= 0.3 is 0 Å². The Morgan fingerprint density at radius 1 is 0.900 bits per heavy atom. The number of carbonyl (C=O) groups is 3. The summed E-state index contributed by atoms with van der Waals surface area (Å²) in [5.74, 6) is -1.04. The van der Waals surface area contributed by atoms with Gasteiger partial charge in [0.2, 0.25) is 27.7 Å². The van der Waals surface area contributed by atoms with E-state index in [1.54, 1.807) is 48.5 Å². The van der Waals surface area contributed by atoms with Gasteiger partial charge in [0, 0.05) is 6.42 Å². The molecule has 0 spiro atoms. The van der Waals surface area contributed by atoms with E-state index in [0.29, 0.717) is 29.0 Å². The summed E-state index contributed by atoms with van der Waals surface area (Å²) >= 11 is 0. The monoisotopic (exact) mass is 564 g/mol. The molecule has 3 aromatic carbocycles. The summed E-state index contributed by atoms with van der Waals surface area (Å²) in [6.07, 6.45) is 1.73. The van der Waals surface area contributed by atoms with Crippen LogP contribution in [-0.2, 0) is 43.7 Å². The standard InChI is InChI=1S/C29H32N4O6S/c1-40(37,38)33-26-18-21-10-6-12-23(16-21)39-22-11-5-9-20(15-22)17-25(27(30)34)32-28(35)24(31-29(26)36)14-13-19-7-3-2-4-8-19/h2-12,15-16,24-26,33H,13-14,17-18H2,1H3,(H2,30,34)(H,31,36)(H,32,35)/t24-,25-,26-/m0/s1. The van der Waals surface area contributed by atoms with E-state index in [0.717, 1.165) is 11.8 Å². The molecule has 11 heteroatoms. The zero-order valence-electron chi connectivity index (χ0n) is 22.0. The lowest BCUT2D eigenvalue weighted by atomic mass is 10.0. The molecule has 0 saturated carbocycles. The number of nitrogens with one attached hydrogen (secondary N) is 3. The van der Waals surface area contributed by atoms with Gasteiger partial charge in [0.1, 0.15) is 29.6 Å². The predicted octanol–water partition coefficient (Wildman–Crippen LogP) is 1.58. The Hall–Kier alpha value is -4.22. The summed E-state index contributed by atoms with van der Waals surface area (Å²) in [6, 6.07) is 20.1. The topological polar surface area (TPSA) is 157 Å². The van der Waals surface area contributed by atoms with E-state index in [1.807, 2.05) is 30.3 Å². The molecule has 10 nitrogen and oxygen atoms in total. The van der Waals surface area contributed by atoms with Crippen molar-refractivity contribution in [2.75, 3.05) is 6.26 Å². The molecule has 1 aliphatic rings. The van der Waals surface area contributed by atoms with Gasteiger partial charge in [-0.05, 0) is 60.2 Å². The van der Waals surface area contributed by atoms with Gasteiger partial charge in [-0.2, -0.15) is 0 Å². The smallest absolute Gasteiger partial charge is 0.243 e. The lowest BCUT2D eigenvalue weighted by molar-refractivity contribution is -0.132. The Morgan fingerprint density at radius 2 is 1.52 bits per heavy atom. The maximum absolute atomic E-state index is 13.5. The minimum Gasteiger partial charge on any atom is -0.457 e. The molecule has 1 heterocycles. The van der Waals surface area contributed by atoms with Crippen LogP contribution in [0.25, 0.3) is 0 Å². The summed E-state index contributed by atoms with van der Waals surface area (Å²) in [5, 5.41) is 5.38. The minimum atomic E-state index is -3.78. The van der Waals surface area contributed by atoms with E-state index in [2.05, 4.69) is 15.4 Å². The predicted molar refractivity (Wildman–Crippen MR) is 150 cm³/mol. The number of rotatable bonds is 6. The van der Waals surface area contributed by atoms with Crippen molar-refractivity contribution < 1.29 is 27.5 Å². The first-order valence-electron chi connectivity index (χ1n) is 12.8. The number of hydrogen-bond acceptors (Lipinski definition) is 6. The Labute approximate surface area is 233 Å². The Bertz CT molecular complexity index is 1480. The maximum Gasteiger partial charge on any atom is 0.243 e. The molecular weight excluding hydrogens is 532 g/mol. The van der Waals surface area contributed by atoms with Crippen molar-refractivity contribution in [2.24, 2.45) is 5.73 Å². The fourth-order valence-corrected chi connectivity index (χ4v) is 5.22. The molecule has 1 aliphatic heterocycles. The highest BCUT2D eigenvalue weighted by Gasteiger charge is 2.30. The van der Waals surface area contributed by atoms with Gasteiger partial charge in [-0.15, -0.1) is 0 Å². The van der Waals surface area contributed by atoms with Crippen molar-refractivity contribution >= 4 is 27.7 Å². The molecule has 0 unspecified atom stereocenters. The number of benzene rings is 3. The molecule has 210 valence electrons. The van der Waals surface area contributed by atoms with Gasteiger partial charge in [0.25, 0.3) is 0 Å². The number of nitrogens with two attached hydrogens (primary N) is 1. The van der Waals surface area contributed by atoms with Crippen LogP contribution in [0.4, 0.5) is 0 Å². The quantitative estimate of drug-likeness (QED) is 0.356. The van der Waals surface area contributed by atoms with Gasteiger partial charge in [0.05, 0.1) is 6.26 Å². The van der Waals surface area contributed by atoms with Crippen molar-refractivity contribution in [1.82, 2.24) is 15.4 Å². The summed E-state index contributed by atoms with van der Waals surface area (Å²) < 4.78 is 32.7. The van der Waals surface area contributed by atoms with Crippen LogP contribution in [0.2, 0.25) is 0 Å². The third-order valence-corrected chi connectivity index (χ3v) is 7.16. The molecule has 4 rings (SSSR count). The zero-order chi connectivity index (χ0) is 28.7. The first-order valence-corrected chi connectivity index (χ1v) is 14.7. The SMILES string of the molecule is CS(=O)(=O)N[C@H]1Cc2cccc(c2)Oc2cccc(c2)C[C@@H](C(N)=O)NC(=O)[C@H](CCc2ccccc2)NC1=O. The van der Waals surface area contributed by atoms with E-state index in [1.165, 1.54) is 0 Å². The number of hydrogen-bond donors (Lipinski definition) is 4. The molecule has 0 saturated heterocycles. The van der Waals surface area contributed by atoms with E-state index >= 15 is 0 Å². The number of sulfonamides is 1. The van der Waals surface area contributed by atoms with Crippen LogP contribution in [0.15, 0.2) is 78.9 Å². The van der Waals surface area contributed by atoms with Crippen LogP contribution in [0.1, 0.15) is 23.1 Å². The first kappa shape index (κ1) is 28.8. The Morgan fingerprint density at radius 3 is 2.12 bits per heavy atom. The highest BCUT2D eigenvalue weighted by molar-refractivity contribution is 7.88. The number of ether oxygens (including phenoxy) is 1. The van der Waals surface area contributed by atoms with Crippen molar-refractivity contribution in [2.45, 2.75) is 43.8 Å². The van der Waals surface area contributed by atoms with Gasteiger partial charge in [-0.1, -0.05) is 54.6 Å². The molecule has 0 radical (unpaired) electrons. The van der Waals surface area contributed by atoms with Crippen LogP contribution in [0, 0.1) is 0 Å². The van der Waals surface area contributed by atoms with Crippen LogP contribution in [0.5, 0.6) is 11.5 Å². The van der Waals surface area contributed by atoms with Crippen LogP contribution >= 0.6 is 0 Å². The zero-order valence-corrected chi connectivity index (χ0v) is 22.8. The third kappa shape index (κ3) is 8.39. The number of primary amides is 1. The first-order chi connectivity index (χ1) is 19.1. The molecule has 3 amide bonds. The molecule has 5 N–H and O–H groups in total. The summed E-state index contributed by atoms with van der Waals surface area (Å²) in [5.41, 5.74) is 7.95. The molecular formula is C29H32N4O6S. The van der Waals surface area contributed by atoms with E-state index in [-0.39, 0.29) is 19.3 Å². The highest BCUT2D eigenvalue weighted by atomic mass is 32.2. The fraction of sp³-hybridized carbons (Fsp3) is 0.276. The second-order valence-corrected chi connectivity index (χ2v) is 11.6. The van der Waals surface area contributed by atoms with Crippen molar-refractivity contribution in [3.05, 3.63) is 95.6 Å². The fourth-order valence-electron chi connectivity index (χ4n) is 4.52. The second-order valence-electron chi connectivity index (χ2n) is 9.80. The average molecular weight is 565 g/mol. The molecule has 3 atom stereocenters. The minimum absolute atomic E-state index is 0.00702. The molecule has 4 bridgehead atoms. The molecule has 3 aromatic rings. The molecule has 0 aliphatic carbocycles. The third-order valence-electron chi connectivity index (χ3n) is 6.44. The Balaban J connectivity index is 1.71. The molecule has 40 heavy (non-hydrogen) atoms. The summed E-state index contributed by atoms with van der Waals surface area (Å²) in [4.78, 5) is 39.2. The maximum atomic E-state index is 13.5. The van der Waals surface area contributed by atoms with Crippen LogP contribution in [0.3, 0.4) is 0 Å². The largest absolute Gasteiger partial charge is 0.457 e. The second kappa shape index (κ2) is 12.8. The lowest BCUT2D eigenvalue weighted by Crippen LogP contribution is -2.57. The van der Waals surface area contributed by atoms with Crippen LogP contribution in [-0.4, -0.2) is 50.5 Å².